The van der Waals surface area contributed by atoms with Gasteiger partial charge in [-0.2, -0.15) is 0 Å². The molecule has 2 N–H and O–H groups in total. The van der Waals surface area contributed by atoms with Crippen molar-refractivity contribution >= 4 is 28.7 Å². The number of ether oxygens (including phenoxy) is 4. The number of pyridine rings is 1. The molecular formula is C26H37N3O6. The molecule has 0 aliphatic heterocycles. The van der Waals surface area contributed by atoms with Crippen LogP contribution in [-0.2, 0) is 14.3 Å². The van der Waals surface area contributed by atoms with Crippen LogP contribution >= 0.6 is 0 Å². The van der Waals surface area contributed by atoms with Crippen LogP contribution in [0.5, 0.6) is 11.5 Å². The molecule has 9 nitrogen and oxygen atoms in total. The van der Waals surface area contributed by atoms with Crippen LogP contribution in [0.25, 0.3) is 10.9 Å². The Morgan fingerprint density at radius 2 is 1.89 bits per heavy atom. The lowest BCUT2D eigenvalue weighted by atomic mass is 9.86. The van der Waals surface area contributed by atoms with Crippen molar-refractivity contribution in [1.82, 2.24) is 10.3 Å². The van der Waals surface area contributed by atoms with Crippen LogP contribution in [0.3, 0.4) is 0 Å². The van der Waals surface area contributed by atoms with Crippen LogP contribution < -0.4 is 20.1 Å². The number of fused-ring (bicyclic) bond motifs is 1. The van der Waals surface area contributed by atoms with Crippen molar-refractivity contribution in [2.45, 2.75) is 65.0 Å². The quantitative estimate of drug-likeness (QED) is 0.491. The monoisotopic (exact) mass is 487 g/mol. The summed E-state index contributed by atoms with van der Waals surface area (Å²) in [7, 11) is 1.62. The van der Waals surface area contributed by atoms with Gasteiger partial charge in [0.25, 0.3) is 0 Å². The third kappa shape index (κ3) is 7.90. The van der Waals surface area contributed by atoms with Crippen LogP contribution in [-0.4, -0.2) is 55.6 Å². The average Bonchev–Trinajstić information content (AvgIpc) is 2.81. The Hall–Kier alpha value is -3.23. The standard InChI is InChI=1S/C26H37N3O6/c1-6-33-23(30)16-34-22-15-27-21-12-11-19(32-5)13-20(21)24(22)28-14-17-7-9-18(10-8-17)29-25(31)35-26(2,3)4/h11-13,15,17-18H,6-10,14,16H2,1-5H3,(H,27,28)(H,29,31). The van der Waals surface area contributed by atoms with E-state index in [4.69, 9.17) is 18.9 Å². The first kappa shape index (κ1) is 26.4. The Balaban J connectivity index is 1.65. The molecule has 35 heavy (non-hydrogen) atoms. The van der Waals surface area contributed by atoms with Crippen molar-refractivity contribution in [2.24, 2.45) is 5.92 Å². The van der Waals surface area contributed by atoms with Gasteiger partial charge in [0.15, 0.2) is 12.4 Å². The molecule has 1 heterocycles. The van der Waals surface area contributed by atoms with Gasteiger partial charge >= 0.3 is 12.1 Å². The fraction of sp³-hybridized carbons (Fsp3) is 0.577. The molecule has 0 unspecified atom stereocenters. The summed E-state index contributed by atoms with van der Waals surface area (Å²) in [4.78, 5) is 28.4. The largest absolute Gasteiger partial charge is 0.497 e. The molecule has 9 heteroatoms. The van der Waals surface area contributed by atoms with Crippen molar-refractivity contribution in [2.75, 3.05) is 32.2 Å². The minimum Gasteiger partial charge on any atom is -0.497 e. The van der Waals surface area contributed by atoms with E-state index in [0.29, 0.717) is 24.0 Å². The van der Waals surface area contributed by atoms with E-state index in [1.165, 1.54) is 0 Å². The highest BCUT2D eigenvalue weighted by Gasteiger charge is 2.25. The van der Waals surface area contributed by atoms with Crippen LogP contribution in [0, 0.1) is 5.92 Å². The van der Waals surface area contributed by atoms with Crippen LogP contribution in [0.15, 0.2) is 24.4 Å². The maximum Gasteiger partial charge on any atom is 0.407 e. The number of methoxy groups -OCH3 is 1. The number of nitrogens with zero attached hydrogens (tertiary/aromatic N) is 1. The van der Waals surface area contributed by atoms with E-state index >= 15 is 0 Å². The summed E-state index contributed by atoms with van der Waals surface area (Å²) in [6.45, 7) is 8.17. The molecule has 1 amide bonds. The second-order valence-corrected chi connectivity index (χ2v) is 9.72. The van der Waals surface area contributed by atoms with Crippen LogP contribution in [0.1, 0.15) is 53.4 Å². The van der Waals surface area contributed by atoms with Crippen molar-refractivity contribution in [1.29, 1.82) is 0 Å². The number of hydrogen-bond acceptors (Lipinski definition) is 8. The number of nitrogens with one attached hydrogen (secondary N) is 2. The van der Waals surface area contributed by atoms with Crippen molar-refractivity contribution < 1.29 is 28.5 Å². The number of hydrogen-bond donors (Lipinski definition) is 2. The number of alkyl carbamates (subject to hydrolysis) is 1. The Bertz CT molecular complexity index is 1010. The first-order valence-corrected chi connectivity index (χ1v) is 12.2. The first-order valence-electron chi connectivity index (χ1n) is 12.2. The molecule has 0 atom stereocenters. The molecule has 0 radical (unpaired) electrons. The SMILES string of the molecule is CCOC(=O)COc1cnc2ccc(OC)cc2c1NCC1CCC(NC(=O)OC(C)(C)C)CC1. The predicted octanol–water partition coefficient (Wildman–Crippen LogP) is 4.68. The molecule has 3 rings (SSSR count). The summed E-state index contributed by atoms with van der Waals surface area (Å²) >= 11 is 0. The van der Waals surface area contributed by atoms with E-state index in [9.17, 15) is 9.59 Å². The van der Waals surface area contributed by atoms with E-state index < -0.39 is 11.6 Å². The van der Waals surface area contributed by atoms with E-state index in [1.807, 2.05) is 39.0 Å². The Labute approximate surface area is 206 Å². The van der Waals surface area contributed by atoms with Gasteiger partial charge in [0, 0.05) is 18.0 Å². The van der Waals surface area contributed by atoms with E-state index in [2.05, 4.69) is 15.6 Å². The number of carbonyl (C=O) groups excluding carboxylic acids is 2. The van der Waals surface area contributed by atoms with Crippen molar-refractivity contribution in [3.63, 3.8) is 0 Å². The highest BCUT2D eigenvalue weighted by atomic mass is 16.6. The summed E-state index contributed by atoms with van der Waals surface area (Å²) in [6.07, 6.45) is 4.99. The summed E-state index contributed by atoms with van der Waals surface area (Å²) in [5, 5.41) is 7.37. The van der Waals surface area contributed by atoms with Crippen molar-refractivity contribution in [3.05, 3.63) is 24.4 Å². The minimum atomic E-state index is -0.506. The molecule has 1 aromatic heterocycles. The molecule has 192 valence electrons. The molecular weight excluding hydrogens is 450 g/mol. The molecule has 0 spiro atoms. The van der Waals surface area contributed by atoms with Crippen LogP contribution in [0.2, 0.25) is 0 Å². The number of carbonyl (C=O) groups is 2. The van der Waals surface area contributed by atoms with Crippen LogP contribution in [0.4, 0.5) is 10.5 Å². The highest BCUT2D eigenvalue weighted by Crippen LogP contribution is 2.35. The lowest BCUT2D eigenvalue weighted by Gasteiger charge is -2.30. The van der Waals surface area contributed by atoms with Crippen molar-refractivity contribution in [3.8, 4) is 11.5 Å². The molecule has 1 aliphatic rings. The Morgan fingerprint density at radius 1 is 1.14 bits per heavy atom. The van der Waals surface area contributed by atoms with Gasteiger partial charge in [0.2, 0.25) is 0 Å². The van der Waals surface area contributed by atoms with E-state index in [1.54, 1.807) is 20.2 Å². The third-order valence-electron chi connectivity index (χ3n) is 5.83. The van der Waals surface area contributed by atoms with Gasteiger partial charge in [-0.15, -0.1) is 0 Å². The lowest BCUT2D eigenvalue weighted by Crippen LogP contribution is -2.41. The van der Waals surface area contributed by atoms with Gasteiger partial charge < -0.3 is 29.6 Å². The molecule has 2 aromatic rings. The van der Waals surface area contributed by atoms with E-state index in [-0.39, 0.29) is 18.7 Å². The highest BCUT2D eigenvalue weighted by molar-refractivity contribution is 5.95. The molecule has 1 aromatic carbocycles. The Morgan fingerprint density at radius 3 is 2.54 bits per heavy atom. The minimum absolute atomic E-state index is 0.121. The number of rotatable bonds is 9. The second-order valence-electron chi connectivity index (χ2n) is 9.72. The van der Waals surface area contributed by atoms with E-state index in [0.717, 1.165) is 48.8 Å². The van der Waals surface area contributed by atoms with Gasteiger partial charge in [0.1, 0.15) is 11.4 Å². The lowest BCUT2D eigenvalue weighted by molar-refractivity contribution is -0.145. The molecule has 0 saturated heterocycles. The maximum atomic E-state index is 12.1. The summed E-state index contributed by atoms with van der Waals surface area (Å²) in [5.41, 5.74) is 1.06. The van der Waals surface area contributed by atoms with Gasteiger partial charge in [-0.1, -0.05) is 0 Å². The molecule has 1 fully saturated rings. The Kier molecular flexibility index (Phi) is 9.01. The molecule has 1 aliphatic carbocycles. The number of benzene rings is 1. The van der Waals surface area contributed by atoms with Gasteiger partial charge in [-0.3, -0.25) is 4.98 Å². The molecule has 1 saturated carbocycles. The molecule has 0 bridgehead atoms. The normalized spacial score (nSPS) is 18.0. The third-order valence-corrected chi connectivity index (χ3v) is 5.83. The average molecular weight is 488 g/mol. The van der Waals surface area contributed by atoms with Gasteiger partial charge in [-0.05, 0) is 77.5 Å². The maximum absolute atomic E-state index is 12.1. The second kappa shape index (κ2) is 12.0. The van der Waals surface area contributed by atoms with Gasteiger partial charge in [-0.25, -0.2) is 9.59 Å². The van der Waals surface area contributed by atoms with Gasteiger partial charge in [0.05, 0.1) is 31.1 Å². The zero-order valence-corrected chi connectivity index (χ0v) is 21.3. The number of aromatic nitrogens is 1. The topological polar surface area (TPSA) is 108 Å². The number of anilines is 1. The fourth-order valence-electron chi connectivity index (χ4n) is 4.14. The zero-order chi connectivity index (χ0) is 25.4. The fourth-order valence-corrected chi connectivity index (χ4v) is 4.14. The number of esters is 1. The zero-order valence-electron chi connectivity index (χ0n) is 21.3. The summed E-state index contributed by atoms with van der Waals surface area (Å²) in [6, 6.07) is 5.78. The smallest absolute Gasteiger partial charge is 0.407 e. The summed E-state index contributed by atoms with van der Waals surface area (Å²) in [5.74, 6) is 1.19. The number of amides is 1. The summed E-state index contributed by atoms with van der Waals surface area (Å²) < 4.78 is 21.5. The predicted molar refractivity (Wildman–Crippen MR) is 134 cm³/mol. The first-order chi connectivity index (χ1) is 16.7.